The van der Waals surface area contributed by atoms with Gasteiger partial charge in [-0.15, -0.1) is 0 Å². The van der Waals surface area contributed by atoms with Crippen LogP contribution in [0.1, 0.15) is 56.3 Å². The zero-order chi connectivity index (χ0) is 13.0. The summed E-state index contributed by atoms with van der Waals surface area (Å²) in [5.74, 6) is 0.924. The summed E-state index contributed by atoms with van der Waals surface area (Å²) in [4.78, 5) is 11.2. The quantitative estimate of drug-likeness (QED) is 0.803. The second-order valence-electron chi connectivity index (χ2n) is 5.46. The molecule has 0 bridgehead atoms. The maximum Gasteiger partial charge on any atom is 0.159 e. The van der Waals surface area contributed by atoms with Gasteiger partial charge in [-0.25, -0.2) is 0 Å². The number of nitrogens with one attached hydrogen (secondary N) is 1. The van der Waals surface area contributed by atoms with E-state index in [1.807, 2.05) is 24.3 Å². The molecule has 2 heteroatoms. The van der Waals surface area contributed by atoms with Crippen molar-refractivity contribution in [1.82, 2.24) is 0 Å². The van der Waals surface area contributed by atoms with E-state index in [1.54, 1.807) is 6.92 Å². The van der Waals surface area contributed by atoms with Crippen LogP contribution in [0, 0.1) is 5.92 Å². The molecule has 1 saturated carbocycles. The van der Waals surface area contributed by atoms with Crippen molar-refractivity contribution in [3.05, 3.63) is 29.8 Å². The topological polar surface area (TPSA) is 29.1 Å². The highest BCUT2D eigenvalue weighted by Crippen LogP contribution is 2.28. The number of ketones is 1. The van der Waals surface area contributed by atoms with Crippen molar-refractivity contribution in [2.24, 2.45) is 5.92 Å². The molecule has 0 radical (unpaired) electrons. The lowest BCUT2D eigenvalue weighted by molar-refractivity contribution is 0.101. The Morgan fingerprint density at radius 3 is 2.33 bits per heavy atom. The van der Waals surface area contributed by atoms with Crippen molar-refractivity contribution in [2.45, 2.75) is 52.0 Å². The normalized spacial score (nSPS) is 18.3. The molecule has 0 saturated heterocycles. The monoisotopic (exact) mass is 245 g/mol. The molecule has 1 aliphatic rings. The predicted octanol–water partition coefficient (Wildman–Crippen LogP) is 4.27. The van der Waals surface area contributed by atoms with Gasteiger partial charge in [-0.05, 0) is 56.9 Å². The van der Waals surface area contributed by atoms with E-state index in [0.29, 0.717) is 6.04 Å². The van der Waals surface area contributed by atoms with E-state index in [1.165, 1.54) is 32.1 Å². The summed E-state index contributed by atoms with van der Waals surface area (Å²) in [6, 6.07) is 8.34. The van der Waals surface area contributed by atoms with Crippen LogP contribution in [0.5, 0.6) is 0 Å². The molecule has 1 aromatic rings. The highest BCUT2D eigenvalue weighted by Gasteiger charge is 2.19. The average Bonchev–Trinajstić information content (AvgIpc) is 2.40. The number of hydrogen-bond donors (Lipinski definition) is 1. The fraction of sp³-hybridized carbons (Fsp3) is 0.562. The molecule has 0 heterocycles. The van der Waals surface area contributed by atoms with Gasteiger partial charge in [-0.2, -0.15) is 0 Å². The summed E-state index contributed by atoms with van der Waals surface area (Å²) >= 11 is 0. The summed E-state index contributed by atoms with van der Waals surface area (Å²) < 4.78 is 0. The van der Waals surface area contributed by atoms with E-state index in [4.69, 9.17) is 0 Å². The van der Waals surface area contributed by atoms with Gasteiger partial charge >= 0.3 is 0 Å². The first kappa shape index (κ1) is 13.1. The fourth-order valence-corrected chi connectivity index (χ4v) is 2.82. The van der Waals surface area contributed by atoms with Crippen molar-refractivity contribution >= 4 is 11.5 Å². The molecule has 1 aromatic carbocycles. The van der Waals surface area contributed by atoms with Crippen LogP contribution >= 0.6 is 0 Å². The highest BCUT2D eigenvalue weighted by molar-refractivity contribution is 5.94. The summed E-state index contributed by atoms with van der Waals surface area (Å²) in [5, 5.41) is 3.57. The van der Waals surface area contributed by atoms with Crippen molar-refractivity contribution in [3.8, 4) is 0 Å². The summed E-state index contributed by atoms with van der Waals surface area (Å²) in [5.41, 5.74) is 1.91. The number of carbonyl (C=O) groups is 1. The predicted molar refractivity (Wildman–Crippen MR) is 76.1 cm³/mol. The van der Waals surface area contributed by atoms with E-state index in [2.05, 4.69) is 12.2 Å². The molecule has 1 unspecified atom stereocenters. The molecule has 2 nitrogen and oxygen atoms in total. The fourth-order valence-electron chi connectivity index (χ4n) is 2.82. The number of Topliss-reactive ketones (excluding diaryl/α,β-unsaturated/α-hetero) is 1. The average molecular weight is 245 g/mol. The van der Waals surface area contributed by atoms with Crippen LogP contribution in [0.2, 0.25) is 0 Å². The zero-order valence-electron chi connectivity index (χ0n) is 11.4. The van der Waals surface area contributed by atoms with E-state index >= 15 is 0 Å². The molecule has 0 aromatic heterocycles. The van der Waals surface area contributed by atoms with Crippen molar-refractivity contribution in [2.75, 3.05) is 5.32 Å². The molecule has 0 aliphatic heterocycles. The number of hydrogen-bond acceptors (Lipinski definition) is 2. The molecule has 2 rings (SSSR count). The molecular weight excluding hydrogens is 222 g/mol. The van der Waals surface area contributed by atoms with E-state index in [9.17, 15) is 4.79 Å². The minimum absolute atomic E-state index is 0.127. The second-order valence-corrected chi connectivity index (χ2v) is 5.46. The molecule has 1 fully saturated rings. The van der Waals surface area contributed by atoms with E-state index in [0.717, 1.165) is 17.2 Å². The number of anilines is 1. The van der Waals surface area contributed by atoms with Crippen molar-refractivity contribution < 1.29 is 4.79 Å². The van der Waals surface area contributed by atoms with Crippen molar-refractivity contribution in [3.63, 3.8) is 0 Å². The minimum atomic E-state index is 0.127. The van der Waals surface area contributed by atoms with E-state index in [-0.39, 0.29) is 5.78 Å². The second kappa shape index (κ2) is 6.03. The minimum Gasteiger partial charge on any atom is -0.382 e. The van der Waals surface area contributed by atoms with Crippen LogP contribution in [-0.2, 0) is 0 Å². The van der Waals surface area contributed by atoms with Gasteiger partial charge in [0.15, 0.2) is 5.78 Å². The van der Waals surface area contributed by atoms with Crippen LogP contribution < -0.4 is 5.32 Å². The number of carbonyl (C=O) groups excluding carboxylic acids is 1. The van der Waals surface area contributed by atoms with Gasteiger partial charge in [0.2, 0.25) is 0 Å². The largest absolute Gasteiger partial charge is 0.382 e. The first-order valence-electron chi connectivity index (χ1n) is 7.04. The van der Waals surface area contributed by atoms with Crippen molar-refractivity contribution in [1.29, 1.82) is 0 Å². The molecule has 0 amide bonds. The van der Waals surface area contributed by atoms with Crippen LogP contribution in [0.3, 0.4) is 0 Å². The lowest BCUT2D eigenvalue weighted by Crippen LogP contribution is -2.27. The van der Waals surface area contributed by atoms with Crippen LogP contribution in [0.4, 0.5) is 5.69 Å². The first-order chi connectivity index (χ1) is 8.66. The maximum absolute atomic E-state index is 11.2. The molecule has 1 N–H and O–H groups in total. The molecule has 1 atom stereocenters. The van der Waals surface area contributed by atoms with Crippen LogP contribution in [0.25, 0.3) is 0 Å². The zero-order valence-corrected chi connectivity index (χ0v) is 11.4. The van der Waals surface area contributed by atoms with Crippen LogP contribution in [0.15, 0.2) is 24.3 Å². The highest BCUT2D eigenvalue weighted by atomic mass is 16.1. The Bertz CT molecular complexity index is 390. The maximum atomic E-state index is 11.2. The van der Waals surface area contributed by atoms with Crippen LogP contribution in [-0.4, -0.2) is 11.8 Å². The third-order valence-electron chi connectivity index (χ3n) is 4.04. The Kier molecular flexibility index (Phi) is 4.40. The number of rotatable bonds is 4. The van der Waals surface area contributed by atoms with Gasteiger partial charge in [0, 0.05) is 17.3 Å². The Morgan fingerprint density at radius 1 is 1.17 bits per heavy atom. The van der Waals surface area contributed by atoms with Gasteiger partial charge in [-0.3, -0.25) is 4.79 Å². The lowest BCUT2D eigenvalue weighted by atomic mass is 9.84. The van der Waals surface area contributed by atoms with Gasteiger partial charge < -0.3 is 5.32 Å². The summed E-state index contributed by atoms with van der Waals surface area (Å²) in [7, 11) is 0. The third kappa shape index (κ3) is 3.34. The molecule has 98 valence electrons. The molecule has 0 spiro atoms. The third-order valence-corrected chi connectivity index (χ3v) is 4.04. The molecule has 18 heavy (non-hydrogen) atoms. The Hall–Kier alpha value is -1.31. The van der Waals surface area contributed by atoms with E-state index < -0.39 is 0 Å². The van der Waals surface area contributed by atoms with Gasteiger partial charge in [0.05, 0.1) is 0 Å². The SMILES string of the molecule is CC(=O)c1ccc(NC(C)C2CCCCC2)cc1. The Morgan fingerprint density at radius 2 is 1.78 bits per heavy atom. The Balaban J connectivity index is 1.93. The smallest absolute Gasteiger partial charge is 0.159 e. The number of benzene rings is 1. The summed E-state index contributed by atoms with van der Waals surface area (Å²) in [6.45, 7) is 3.88. The summed E-state index contributed by atoms with van der Waals surface area (Å²) in [6.07, 6.45) is 6.84. The Labute approximate surface area is 110 Å². The first-order valence-corrected chi connectivity index (χ1v) is 7.04. The van der Waals surface area contributed by atoms with Gasteiger partial charge in [0.25, 0.3) is 0 Å². The standard InChI is InChI=1S/C16H23NO/c1-12(14-6-4-3-5-7-14)17-16-10-8-15(9-11-16)13(2)18/h8-12,14,17H,3-7H2,1-2H3. The van der Waals surface area contributed by atoms with Gasteiger partial charge in [-0.1, -0.05) is 19.3 Å². The molecular formula is C16H23NO. The molecule has 1 aliphatic carbocycles. The lowest BCUT2D eigenvalue weighted by Gasteiger charge is -2.29. The van der Waals surface area contributed by atoms with Gasteiger partial charge in [0.1, 0.15) is 0 Å².